The van der Waals surface area contributed by atoms with E-state index in [-0.39, 0.29) is 17.3 Å². The number of carbonyl (C=O) groups is 2. The van der Waals surface area contributed by atoms with Crippen molar-refractivity contribution in [2.75, 3.05) is 13.6 Å². The molecule has 0 radical (unpaired) electrons. The number of rotatable bonds is 8. The maximum absolute atomic E-state index is 13.4. The van der Waals surface area contributed by atoms with E-state index >= 15 is 0 Å². The molecule has 0 saturated carbocycles. The van der Waals surface area contributed by atoms with Gasteiger partial charge in [-0.15, -0.1) is 0 Å². The first-order chi connectivity index (χ1) is 16.8. The third kappa shape index (κ3) is 6.67. The lowest BCUT2D eigenvalue weighted by molar-refractivity contribution is -0.141. The molecule has 192 valence electrons. The molecule has 0 fully saturated rings. The summed E-state index contributed by atoms with van der Waals surface area (Å²) in [5.74, 6) is -1.35. The van der Waals surface area contributed by atoms with Crippen molar-refractivity contribution in [1.82, 2.24) is 14.5 Å². The van der Waals surface area contributed by atoms with Crippen LogP contribution in [0.2, 0.25) is 0 Å². The molecule has 1 N–H and O–H groups in total. The van der Waals surface area contributed by atoms with Gasteiger partial charge in [0.25, 0.3) is 0 Å². The number of sulfonamides is 1. The average molecular weight is 514 g/mol. The molecule has 0 aliphatic rings. The smallest absolute Gasteiger partial charge is 0.243 e. The summed E-state index contributed by atoms with van der Waals surface area (Å²) in [5, 5.41) is 4.52. The fraction of sp³-hybridized carbons (Fsp3) is 0.333. The first kappa shape index (κ1) is 27.3. The van der Waals surface area contributed by atoms with Crippen molar-refractivity contribution in [1.29, 1.82) is 0 Å². The lowest BCUT2D eigenvalue weighted by Gasteiger charge is -2.32. The van der Waals surface area contributed by atoms with Crippen molar-refractivity contribution < 1.29 is 22.4 Å². The van der Waals surface area contributed by atoms with Crippen LogP contribution in [0, 0.1) is 5.82 Å². The molecule has 1 atom stereocenters. The molecule has 3 aromatic rings. The lowest BCUT2D eigenvalue weighted by Crippen LogP contribution is -2.54. The van der Waals surface area contributed by atoms with Gasteiger partial charge in [0, 0.05) is 19.1 Å². The van der Waals surface area contributed by atoms with Gasteiger partial charge in [0.15, 0.2) is 0 Å². The number of carbonyl (C=O) groups excluding carboxylic acids is 2. The van der Waals surface area contributed by atoms with Crippen LogP contribution in [0.3, 0.4) is 0 Å². The zero-order valence-electron chi connectivity index (χ0n) is 21.2. The van der Waals surface area contributed by atoms with Crippen molar-refractivity contribution in [3.63, 3.8) is 0 Å². The van der Waals surface area contributed by atoms with Gasteiger partial charge in [-0.25, -0.2) is 12.8 Å². The SMILES string of the molecule is C[C@@H](C(=O)NC(C)(C)C)N(Cc1ccc(F)cc1)C(=O)CN(C)S(=O)(=O)c1ccc2ccccc2c1. The predicted molar refractivity (Wildman–Crippen MR) is 138 cm³/mol. The highest BCUT2D eigenvalue weighted by Crippen LogP contribution is 2.22. The number of fused-ring (bicyclic) bond motifs is 1. The summed E-state index contributed by atoms with van der Waals surface area (Å²) < 4.78 is 40.9. The highest BCUT2D eigenvalue weighted by Gasteiger charge is 2.31. The van der Waals surface area contributed by atoms with Gasteiger partial charge in [-0.05, 0) is 68.3 Å². The molecule has 7 nitrogen and oxygen atoms in total. The van der Waals surface area contributed by atoms with Crippen molar-refractivity contribution >= 4 is 32.6 Å². The summed E-state index contributed by atoms with van der Waals surface area (Å²) in [6, 6.07) is 16.9. The number of nitrogens with one attached hydrogen (secondary N) is 1. The number of benzene rings is 3. The second-order valence-electron chi connectivity index (χ2n) is 9.83. The average Bonchev–Trinajstić information content (AvgIpc) is 2.81. The molecule has 3 aromatic carbocycles. The van der Waals surface area contributed by atoms with E-state index in [0.717, 1.165) is 15.1 Å². The summed E-state index contributed by atoms with van der Waals surface area (Å²) in [6.45, 7) is 6.61. The van der Waals surface area contributed by atoms with E-state index in [0.29, 0.717) is 5.56 Å². The Kier molecular flexibility index (Phi) is 8.15. The van der Waals surface area contributed by atoms with Gasteiger partial charge < -0.3 is 10.2 Å². The van der Waals surface area contributed by atoms with E-state index < -0.39 is 39.9 Å². The minimum absolute atomic E-state index is 0.0156. The van der Waals surface area contributed by atoms with Crippen LogP contribution < -0.4 is 5.32 Å². The second-order valence-corrected chi connectivity index (χ2v) is 11.9. The van der Waals surface area contributed by atoms with Crippen molar-refractivity contribution in [2.45, 2.75) is 50.7 Å². The molecule has 0 heterocycles. The minimum atomic E-state index is -3.98. The standard InChI is InChI=1S/C27H32FN3O4S/c1-19(26(33)29-27(2,3)4)31(17-20-10-13-23(28)14-11-20)25(32)18-30(5)36(34,35)24-15-12-21-8-6-7-9-22(21)16-24/h6-16,19H,17-18H2,1-5H3,(H,29,33)/t19-/m0/s1. The van der Waals surface area contributed by atoms with Gasteiger partial charge in [0.05, 0.1) is 11.4 Å². The van der Waals surface area contributed by atoms with E-state index in [1.54, 1.807) is 19.1 Å². The Bertz CT molecular complexity index is 1350. The number of hydrogen-bond acceptors (Lipinski definition) is 4. The van der Waals surface area contributed by atoms with Gasteiger partial charge in [0.1, 0.15) is 11.9 Å². The molecule has 0 aromatic heterocycles. The number of amides is 2. The first-order valence-corrected chi connectivity index (χ1v) is 13.0. The predicted octanol–water partition coefficient (Wildman–Crippen LogP) is 3.93. The van der Waals surface area contributed by atoms with Crippen LogP contribution in [-0.2, 0) is 26.2 Å². The Morgan fingerprint density at radius 3 is 2.19 bits per heavy atom. The largest absolute Gasteiger partial charge is 0.350 e. The summed E-state index contributed by atoms with van der Waals surface area (Å²) in [7, 11) is -2.64. The quantitative estimate of drug-likeness (QED) is 0.495. The Balaban J connectivity index is 1.85. The zero-order valence-corrected chi connectivity index (χ0v) is 22.0. The van der Waals surface area contributed by atoms with Crippen LogP contribution in [0.4, 0.5) is 4.39 Å². The van der Waals surface area contributed by atoms with Gasteiger partial charge in [0.2, 0.25) is 21.8 Å². The summed E-state index contributed by atoms with van der Waals surface area (Å²) in [6.07, 6.45) is 0. The van der Waals surface area contributed by atoms with Crippen LogP contribution in [0.5, 0.6) is 0 Å². The Morgan fingerprint density at radius 1 is 0.972 bits per heavy atom. The normalized spacial score (nSPS) is 13.0. The highest BCUT2D eigenvalue weighted by molar-refractivity contribution is 7.89. The molecule has 2 amide bonds. The highest BCUT2D eigenvalue weighted by atomic mass is 32.2. The first-order valence-electron chi connectivity index (χ1n) is 11.6. The molecule has 9 heteroatoms. The monoisotopic (exact) mass is 513 g/mol. The van der Waals surface area contributed by atoms with Gasteiger partial charge in [-0.3, -0.25) is 9.59 Å². The van der Waals surface area contributed by atoms with E-state index in [9.17, 15) is 22.4 Å². The molecule has 0 aliphatic carbocycles. The molecule has 36 heavy (non-hydrogen) atoms. The van der Waals surface area contributed by atoms with Crippen LogP contribution in [0.25, 0.3) is 10.8 Å². The van der Waals surface area contributed by atoms with E-state index in [4.69, 9.17) is 0 Å². The molecule has 0 spiro atoms. The summed E-state index contributed by atoms with van der Waals surface area (Å²) in [4.78, 5) is 27.6. The van der Waals surface area contributed by atoms with Crippen LogP contribution in [0.15, 0.2) is 71.6 Å². The molecule has 0 saturated heterocycles. The van der Waals surface area contributed by atoms with Crippen LogP contribution in [-0.4, -0.2) is 54.6 Å². The number of nitrogens with zero attached hydrogens (tertiary/aromatic N) is 2. The maximum Gasteiger partial charge on any atom is 0.243 e. The third-order valence-electron chi connectivity index (χ3n) is 5.72. The number of likely N-dealkylation sites (N-methyl/N-ethyl adjacent to an activating group) is 1. The molecular formula is C27H32FN3O4S. The van der Waals surface area contributed by atoms with Gasteiger partial charge in [-0.1, -0.05) is 42.5 Å². The maximum atomic E-state index is 13.4. The van der Waals surface area contributed by atoms with Crippen molar-refractivity contribution in [3.8, 4) is 0 Å². The third-order valence-corrected chi connectivity index (χ3v) is 7.52. The lowest BCUT2D eigenvalue weighted by atomic mass is 10.1. The van der Waals surface area contributed by atoms with Crippen LogP contribution >= 0.6 is 0 Å². The zero-order chi connectivity index (χ0) is 26.7. The number of hydrogen-bond donors (Lipinski definition) is 1. The fourth-order valence-corrected chi connectivity index (χ4v) is 4.87. The van der Waals surface area contributed by atoms with Gasteiger partial charge in [-0.2, -0.15) is 4.31 Å². The van der Waals surface area contributed by atoms with Crippen molar-refractivity contribution in [3.05, 3.63) is 78.1 Å². The Labute approximate surface area is 212 Å². The molecule has 3 rings (SSSR count). The van der Waals surface area contributed by atoms with Crippen molar-refractivity contribution in [2.24, 2.45) is 0 Å². The Hall–Kier alpha value is -3.30. The molecule has 0 unspecified atom stereocenters. The summed E-state index contributed by atoms with van der Waals surface area (Å²) >= 11 is 0. The van der Waals surface area contributed by atoms with Gasteiger partial charge >= 0.3 is 0 Å². The summed E-state index contributed by atoms with van der Waals surface area (Å²) in [5.41, 5.74) is 0.0896. The minimum Gasteiger partial charge on any atom is -0.350 e. The number of halogens is 1. The topological polar surface area (TPSA) is 86.8 Å². The molecular weight excluding hydrogens is 481 g/mol. The second kappa shape index (κ2) is 10.8. The van der Waals surface area contributed by atoms with E-state index in [1.165, 1.54) is 42.3 Å². The molecule has 0 bridgehead atoms. The molecule has 0 aliphatic heterocycles. The Morgan fingerprint density at radius 2 is 1.58 bits per heavy atom. The van der Waals surface area contributed by atoms with E-state index in [2.05, 4.69) is 5.32 Å². The van der Waals surface area contributed by atoms with E-state index in [1.807, 2.05) is 45.0 Å². The fourth-order valence-electron chi connectivity index (χ4n) is 3.72. The van der Waals surface area contributed by atoms with Crippen LogP contribution in [0.1, 0.15) is 33.3 Å².